The number of carbonyl (C=O) groups is 2. The van der Waals surface area contributed by atoms with Crippen molar-refractivity contribution in [2.24, 2.45) is 0 Å². The number of piperazine rings is 1. The summed E-state index contributed by atoms with van der Waals surface area (Å²) in [6, 6.07) is 18.6. The second-order valence-corrected chi connectivity index (χ2v) is 8.25. The first kappa shape index (κ1) is 22.0. The number of aromatic nitrogens is 1. The van der Waals surface area contributed by atoms with E-state index in [1.807, 2.05) is 53.4 Å². The van der Waals surface area contributed by atoms with E-state index in [0.29, 0.717) is 16.3 Å². The van der Waals surface area contributed by atoms with Crippen LogP contribution in [0.25, 0.3) is 11.3 Å². The average Bonchev–Trinajstić information content (AvgIpc) is 2.81. The molecule has 2 amide bonds. The molecule has 0 radical (unpaired) electrons. The van der Waals surface area contributed by atoms with Crippen LogP contribution in [0.4, 0.5) is 5.69 Å². The van der Waals surface area contributed by atoms with Crippen LogP contribution in [0.5, 0.6) is 0 Å². The van der Waals surface area contributed by atoms with E-state index < -0.39 is 0 Å². The highest BCUT2D eigenvalue weighted by Crippen LogP contribution is 2.29. The van der Waals surface area contributed by atoms with E-state index in [4.69, 9.17) is 11.6 Å². The molecule has 2 heterocycles. The maximum Gasteiger partial charge on any atom is 0.255 e. The van der Waals surface area contributed by atoms with Crippen LogP contribution in [0, 0.1) is 0 Å². The number of halogens is 1. The van der Waals surface area contributed by atoms with Gasteiger partial charge >= 0.3 is 0 Å². The Labute approximate surface area is 192 Å². The van der Waals surface area contributed by atoms with Gasteiger partial charge in [-0.3, -0.25) is 19.5 Å². The van der Waals surface area contributed by atoms with Crippen LogP contribution in [0.15, 0.2) is 66.9 Å². The topological polar surface area (TPSA) is 65.5 Å². The molecular weight excluding hydrogens is 424 g/mol. The minimum atomic E-state index is -0.180. The number of nitrogens with zero attached hydrogens (tertiary/aromatic N) is 3. The minimum Gasteiger partial charge on any atom is -0.340 e. The highest BCUT2D eigenvalue weighted by Gasteiger charge is 2.18. The summed E-state index contributed by atoms with van der Waals surface area (Å²) in [6.07, 6.45) is 1.71. The van der Waals surface area contributed by atoms with E-state index in [1.165, 1.54) is 0 Å². The highest BCUT2D eigenvalue weighted by atomic mass is 35.5. The van der Waals surface area contributed by atoms with E-state index in [9.17, 15) is 9.59 Å². The number of benzene rings is 2. The Hall–Kier alpha value is -3.22. The molecule has 0 aliphatic carbocycles. The third-order valence-corrected chi connectivity index (χ3v) is 5.93. The van der Waals surface area contributed by atoms with Gasteiger partial charge in [-0.25, -0.2) is 0 Å². The Morgan fingerprint density at radius 2 is 1.75 bits per heavy atom. The molecular formula is C25H25ClN4O2. The quantitative estimate of drug-likeness (QED) is 0.631. The summed E-state index contributed by atoms with van der Waals surface area (Å²) in [7, 11) is 0. The maximum absolute atomic E-state index is 12.7. The van der Waals surface area contributed by atoms with Crippen molar-refractivity contribution < 1.29 is 9.59 Å². The standard InChI is InChI=1S/C25H25ClN4O2/c1-18(31)30-14-12-29(13-15-30)17-19-5-7-20(8-6-19)25(32)28-21-9-10-23(26)22(16-21)24-4-2-3-11-27-24/h2-11,16H,12-15,17H2,1H3,(H,28,32). The van der Waals surface area contributed by atoms with E-state index >= 15 is 0 Å². The van der Waals surface area contributed by atoms with Gasteiger partial charge < -0.3 is 10.2 Å². The van der Waals surface area contributed by atoms with Gasteiger partial charge in [-0.15, -0.1) is 0 Å². The minimum absolute atomic E-state index is 0.132. The first-order chi connectivity index (χ1) is 15.5. The number of anilines is 1. The largest absolute Gasteiger partial charge is 0.340 e. The Balaban J connectivity index is 1.38. The van der Waals surface area contributed by atoms with Gasteiger partial charge in [0.2, 0.25) is 5.91 Å². The number of nitrogens with one attached hydrogen (secondary N) is 1. The summed E-state index contributed by atoms with van der Waals surface area (Å²) in [5.74, 6) is -0.0474. The summed E-state index contributed by atoms with van der Waals surface area (Å²) in [4.78, 5) is 32.7. The van der Waals surface area contributed by atoms with Crippen molar-refractivity contribution in [2.45, 2.75) is 13.5 Å². The molecule has 0 saturated carbocycles. The molecule has 4 rings (SSSR count). The van der Waals surface area contributed by atoms with Gasteiger partial charge in [0, 0.05) is 62.7 Å². The van der Waals surface area contributed by atoms with Crippen LogP contribution in [0.3, 0.4) is 0 Å². The lowest BCUT2D eigenvalue weighted by Gasteiger charge is -2.34. The lowest BCUT2D eigenvalue weighted by molar-refractivity contribution is -0.130. The second-order valence-electron chi connectivity index (χ2n) is 7.84. The normalized spacial score (nSPS) is 14.2. The van der Waals surface area contributed by atoms with Crippen LogP contribution < -0.4 is 5.32 Å². The molecule has 1 fully saturated rings. The third kappa shape index (κ3) is 5.33. The van der Waals surface area contributed by atoms with Gasteiger partial charge in [-0.1, -0.05) is 29.8 Å². The third-order valence-electron chi connectivity index (χ3n) is 5.60. The Kier molecular flexibility index (Phi) is 6.83. The molecule has 1 aliphatic rings. The van der Waals surface area contributed by atoms with Crippen LogP contribution in [0.2, 0.25) is 5.02 Å². The molecule has 1 aliphatic heterocycles. The zero-order chi connectivity index (χ0) is 22.5. The summed E-state index contributed by atoms with van der Waals surface area (Å²) < 4.78 is 0. The SMILES string of the molecule is CC(=O)N1CCN(Cc2ccc(C(=O)Nc3ccc(Cl)c(-c4ccccn4)c3)cc2)CC1. The van der Waals surface area contributed by atoms with E-state index in [1.54, 1.807) is 25.3 Å². The molecule has 3 aromatic rings. The molecule has 0 bridgehead atoms. The molecule has 6 nitrogen and oxygen atoms in total. The van der Waals surface area contributed by atoms with Gasteiger partial charge in [-0.2, -0.15) is 0 Å². The van der Waals surface area contributed by atoms with Gasteiger partial charge in [-0.05, 0) is 48.0 Å². The number of carbonyl (C=O) groups excluding carboxylic acids is 2. The zero-order valence-electron chi connectivity index (χ0n) is 17.9. The molecule has 7 heteroatoms. The molecule has 32 heavy (non-hydrogen) atoms. The summed E-state index contributed by atoms with van der Waals surface area (Å²) >= 11 is 6.33. The Morgan fingerprint density at radius 1 is 1.00 bits per heavy atom. The van der Waals surface area contributed by atoms with Crippen molar-refractivity contribution >= 4 is 29.1 Å². The van der Waals surface area contributed by atoms with Crippen molar-refractivity contribution in [3.63, 3.8) is 0 Å². The monoisotopic (exact) mass is 448 g/mol. The van der Waals surface area contributed by atoms with Crippen molar-refractivity contribution in [3.05, 3.63) is 83.0 Å². The maximum atomic E-state index is 12.7. The number of pyridine rings is 1. The molecule has 2 aromatic carbocycles. The predicted octanol–water partition coefficient (Wildman–Crippen LogP) is 4.32. The number of amides is 2. The van der Waals surface area contributed by atoms with Gasteiger partial charge in [0.05, 0.1) is 10.7 Å². The summed E-state index contributed by atoms with van der Waals surface area (Å²) in [5.41, 5.74) is 3.91. The lowest BCUT2D eigenvalue weighted by Crippen LogP contribution is -2.47. The summed E-state index contributed by atoms with van der Waals surface area (Å²) in [6.45, 7) is 5.66. The fraction of sp³-hybridized carbons (Fsp3) is 0.240. The van der Waals surface area contributed by atoms with E-state index in [0.717, 1.165) is 49.5 Å². The molecule has 0 atom stereocenters. The fourth-order valence-electron chi connectivity index (χ4n) is 3.77. The Bertz CT molecular complexity index is 1090. The van der Waals surface area contributed by atoms with Crippen LogP contribution in [0.1, 0.15) is 22.8 Å². The molecule has 1 saturated heterocycles. The smallest absolute Gasteiger partial charge is 0.255 e. The first-order valence-corrected chi connectivity index (χ1v) is 11.0. The van der Waals surface area contributed by atoms with Crippen LogP contribution in [-0.4, -0.2) is 52.8 Å². The lowest BCUT2D eigenvalue weighted by atomic mass is 10.1. The van der Waals surface area contributed by atoms with Crippen LogP contribution >= 0.6 is 11.6 Å². The molecule has 0 unspecified atom stereocenters. The zero-order valence-corrected chi connectivity index (χ0v) is 18.7. The van der Waals surface area contributed by atoms with Gasteiger partial charge in [0.15, 0.2) is 0 Å². The first-order valence-electron chi connectivity index (χ1n) is 10.6. The molecule has 0 spiro atoms. The average molecular weight is 449 g/mol. The Morgan fingerprint density at radius 3 is 2.41 bits per heavy atom. The van der Waals surface area contributed by atoms with Gasteiger partial charge in [0.25, 0.3) is 5.91 Å². The summed E-state index contributed by atoms with van der Waals surface area (Å²) in [5, 5.41) is 3.52. The number of hydrogen-bond acceptors (Lipinski definition) is 4. The molecule has 1 aromatic heterocycles. The number of rotatable bonds is 5. The molecule has 164 valence electrons. The van der Waals surface area contributed by atoms with Crippen molar-refractivity contribution in [1.29, 1.82) is 0 Å². The van der Waals surface area contributed by atoms with Crippen molar-refractivity contribution in [1.82, 2.24) is 14.8 Å². The predicted molar refractivity (Wildman–Crippen MR) is 127 cm³/mol. The second kappa shape index (κ2) is 9.94. The van der Waals surface area contributed by atoms with E-state index in [2.05, 4.69) is 15.2 Å². The van der Waals surface area contributed by atoms with Crippen LogP contribution in [-0.2, 0) is 11.3 Å². The highest BCUT2D eigenvalue weighted by molar-refractivity contribution is 6.33. The molecule has 1 N–H and O–H groups in total. The number of hydrogen-bond donors (Lipinski definition) is 1. The van der Waals surface area contributed by atoms with E-state index in [-0.39, 0.29) is 11.8 Å². The van der Waals surface area contributed by atoms with Crippen molar-refractivity contribution in [3.8, 4) is 11.3 Å². The van der Waals surface area contributed by atoms with Crippen molar-refractivity contribution in [2.75, 3.05) is 31.5 Å². The fourth-order valence-corrected chi connectivity index (χ4v) is 3.98. The van der Waals surface area contributed by atoms with Gasteiger partial charge in [0.1, 0.15) is 0 Å².